The molecule has 1 unspecified atom stereocenters. The van der Waals surface area contributed by atoms with Crippen LogP contribution < -0.4 is 5.32 Å². The Balaban J connectivity index is 1.42. The molecule has 6 heteroatoms. The molecule has 0 fully saturated rings. The second-order valence-electron chi connectivity index (χ2n) is 6.10. The van der Waals surface area contributed by atoms with Crippen LogP contribution in [0.2, 0.25) is 5.02 Å². The van der Waals surface area contributed by atoms with E-state index in [-0.39, 0.29) is 6.10 Å². The normalized spacial score (nSPS) is 16.6. The van der Waals surface area contributed by atoms with Gasteiger partial charge < -0.3 is 14.6 Å². The molecule has 0 radical (unpaired) electrons. The lowest BCUT2D eigenvalue weighted by Gasteiger charge is -2.26. The van der Waals surface area contributed by atoms with Gasteiger partial charge in [-0.1, -0.05) is 29.8 Å². The van der Waals surface area contributed by atoms with E-state index in [1.54, 1.807) is 6.20 Å². The van der Waals surface area contributed by atoms with Gasteiger partial charge in [-0.05, 0) is 29.3 Å². The zero-order chi connectivity index (χ0) is 17.1. The van der Waals surface area contributed by atoms with Gasteiger partial charge in [0, 0.05) is 30.5 Å². The molecule has 1 atom stereocenters. The van der Waals surface area contributed by atoms with Crippen molar-refractivity contribution in [3.63, 3.8) is 0 Å². The molecule has 25 heavy (non-hydrogen) atoms. The summed E-state index contributed by atoms with van der Waals surface area (Å²) < 4.78 is 8.17. The number of hydrogen-bond acceptors (Lipinski definition) is 4. The molecule has 0 saturated heterocycles. The molecule has 1 aliphatic rings. The summed E-state index contributed by atoms with van der Waals surface area (Å²) in [6.45, 7) is 2.89. The Morgan fingerprint density at radius 3 is 2.88 bits per heavy atom. The maximum absolute atomic E-state index is 5.99. The van der Waals surface area contributed by atoms with Gasteiger partial charge in [0.15, 0.2) is 0 Å². The van der Waals surface area contributed by atoms with Crippen LogP contribution in [0.4, 0.5) is 0 Å². The van der Waals surface area contributed by atoms with Crippen LogP contribution in [-0.4, -0.2) is 27.2 Å². The summed E-state index contributed by atoms with van der Waals surface area (Å²) in [6.07, 6.45) is 5.69. The first-order valence-electron chi connectivity index (χ1n) is 8.31. The highest BCUT2D eigenvalue weighted by Gasteiger charge is 2.22. The molecule has 128 valence electrons. The summed E-state index contributed by atoms with van der Waals surface area (Å²) in [5.41, 5.74) is 3.39. The minimum Gasteiger partial charge on any atom is -0.367 e. The second-order valence-corrected chi connectivity index (χ2v) is 6.54. The Kier molecular flexibility index (Phi) is 4.78. The molecule has 1 aliphatic heterocycles. The maximum Gasteiger partial charge on any atom is 0.135 e. The molecule has 3 aromatic rings. The van der Waals surface area contributed by atoms with Crippen LogP contribution in [0, 0.1) is 0 Å². The van der Waals surface area contributed by atoms with Crippen molar-refractivity contribution >= 4 is 11.6 Å². The third kappa shape index (κ3) is 3.74. The lowest BCUT2D eigenvalue weighted by Crippen LogP contribution is -2.36. The molecule has 0 spiro atoms. The van der Waals surface area contributed by atoms with Crippen molar-refractivity contribution in [2.75, 3.05) is 6.54 Å². The van der Waals surface area contributed by atoms with Crippen LogP contribution in [0.1, 0.15) is 11.4 Å². The fourth-order valence-corrected chi connectivity index (χ4v) is 3.16. The summed E-state index contributed by atoms with van der Waals surface area (Å²) in [5, 5.41) is 4.18. The van der Waals surface area contributed by atoms with Gasteiger partial charge in [-0.15, -0.1) is 0 Å². The van der Waals surface area contributed by atoms with E-state index in [0.717, 1.165) is 41.7 Å². The first kappa shape index (κ1) is 16.3. The SMILES string of the molecule is Clc1ccc(-c2cnc3n2CC(CNCc2cccnc2)OC3)cc1. The molecule has 1 aromatic carbocycles. The number of nitrogens with one attached hydrogen (secondary N) is 1. The molecule has 5 nitrogen and oxygen atoms in total. The van der Waals surface area contributed by atoms with E-state index in [1.807, 2.05) is 42.7 Å². The molecular weight excluding hydrogens is 336 g/mol. The number of halogens is 1. The minimum absolute atomic E-state index is 0.115. The van der Waals surface area contributed by atoms with Crippen LogP contribution >= 0.6 is 11.6 Å². The Morgan fingerprint density at radius 1 is 1.20 bits per heavy atom. The largest absolute Gasteiger partial charge is 0.367 e. The number of benzene rings is 1. The molecule has 3 heterocycles. The van der Waals surface area contributed by atoms with Gasteiger partial charge in [-0.2, -0.15) is 0 Å². The number of rotatable bonds is 5. The fraction of sp³-hybridized carbons (Fsp3) is 0.263. The van der Waals surface area contributed by atoms with Crippen molar-refractivity contribution in [2.24, 2.45) is 0 Å². The van der Waals surface area contributed by atoms with Crippen molar-refractivity contribution in [3.05, 3.63) is 71.4 Å². The number of hydrogen-bond donors (Lipinski definition) is 1. The first-order chi connectivity index (χ1) is 12.3. The molecule has 2 aromatic heterocycles. The summed E-state index contributed by atoms with van der Waals surface area (Å²) in [4.78, 5) is 8.63. The lowest BCUT2D eigenvalue weighted by molar-refractivity contribution is 0.00325. The predicted molar refractivity (Wildman–Crippen MR) is 97.2 cm³/mol. The monoisotopic (exact) mass is 354 g/mol. The molecule has 0 saturated carbocycles. The Morgan fingerprint density at radius 2 is 2.08 bits per heavy atom. The molecular formula is C19H19ClN4O. The van der Waals surface area contributed by atoms with E-state index in [2.05, 4.69) is 25.9 Å². The fourth-order valence-electron chi connectivity index (χ4n) is 3.04. The summed E-state index contributed by atoms with van der Waals surface area (Å²) in [5.74, 6) is 0.966. The Hall–Kier alpha value is -2.21. The standard InChI is InChI=1S/C19H19ClN4O/c20-16-5-3-15(4-6-16)18-11-23-19-13-25-17(12-24(18)19)10-22-9-14-2-1-7-21-8-14/h1-8,11,17,22H,9-10,12-13H2. The number of nitrogens with zero attached hydrogens (tertiary/aromatic N) is 3. The summed E-state index contributed by atoms with van der Waals surface area (Å²) in [6, 6.07) is 11.9. The van der Waals surface area contributed by atoms with Crippen LogP contribution in [0.5, 0.6) is 0 Å². The zero-order valence-corrected chi connectivity index (χ0v) is 14.5. The molecule has 4 rings (SSSR count). The van der Waals surface area contributed by atoms with Gasteiger partial charge in [-0.3, -0.25) is 4.98 Å². The van der Waals surface area contributed by atoms with Gasteiger partial charge in [0.2, 0.25) is 0 Å². The van der Waals surface area contributed by atoms with E-state index < -0.39 is 0 Å². The third-order valence-corrected chi connectivity index (χ3v) is 4.59. The summed E-state index contributed by atoms with van der Waals surface area (Å²) in [7, 11) is 0. The van der Waals surface area contributed by atoms with Crippen molar-refractivity contribution in [1.29, 1.82) is 0 Å². The molecule has 1 N–H and O–H groups in total. The van der Waals surface area contributed by atoms with Gasteiger partial charge >= 0.3 is 0 Å². The average molecular weight is 355 g/mol. The molecule has 0 bridgehead atoms. The van der Waals surface area contributed by atoms with Crippen LogP contribution in [0.25, 0.3) is 11.3 Å². The van der Waals surface area contributed by atoms with Crippen molar-refractivity contribution in [1.82, 2.24) is 19.9 Å². The highest BCUT2D eigenvalue weighted by molar-refractivity contribution is 6.30. The first-order valence-corrected chi connectivity index (χ1v) is 8.69. The average Bonchev–Trinajstić information content (AvgIpc) is 3.07. The predicted octanol–water partition coefficient (Wildman–Crippen LogP) is 3.29. The van der Waals surface area contributed by atoms with E-state index >= 15 is 0 Å². The Labute approximate surface area is 151 Å². The minimum atomic E-state index is 0.115. The highest BCUT2D eigenvalue weighted by atomic mass is 35.5. The number of pyridine rings is 1. The van der Waals surface area contributed by atoms with E-state index in [4.69, 9.17) is 16.3 Å². The van der Waals surface area contributed by atoms with Gasteiger partial charge in [0.1, 0.15) is 12.4 Å². The van der Waals surface area contributed by atoms with Gasteiger partial charge in [0.25, 0.3) is 0 Å². The highest BCUT2D eigenvalue weighted by Crippen LogP contribution is 2.26. The van der Waals surface area contributed by atoms with E-state index in [0.29, 0.717) is 6.61 Å². The number of fused-ring (bicyclic) bond motifs is 1. The number of imidazole rings is 1. The zero-order valence-electron chi connectivity index (χ0n) is 13.7. The quantitative estimate of drug-likeness (QED) is 0.764. The van der Waals surface area contributed by atoms with Gasteiger partial charge in [0.05, 0.1) is 24.5 Å². The second kappa shape index (κ2) is 7.35. The van der Waals surface area contributed by atoms with Crippen molar-refractivity contribution in [3.8, 4) is 11.3 Å². The smallest absolute Gasteiger partial charge is 0.135 e. The third-order valence-electron chi connectivity index (χ3n) is 4.34. The topological polar surface area (TPSA) is 52.0 Å². The maximum atomic E-state index is 5.99. The van der Waals surface area contributed by atoms with Crippen LogP contribution in [0.3, 0.4) is 0 Å². The van der Waals surface area contributed by atoms with Gasteiger partial charge in [-0.25, -0.2) is 4.98 Å². The van der Waals surface area contributed by atoms with Crippen LogP contribution in [0.15, 0.2) is 55.0 Å². The van der Waals surface area contributed by atoms with Crippen molar-refractivity contribution < 1.29 is 4.74 Å². The lowest BCUT2D eigenvalue weighted by atomic mass is 10.1. The van der Waals surface area contributed by atoms with Crippen LogP contribution in [-0.2, 0) is 24.4 Å². The van der Waals surface area contributed by atoms with Crippen molar-refractivity contribution in [2.45, 2.75) is 25.8 Å². The molecule has 0 aliphatic carbocycles. The van der Waals surface area contributed by atoms with E-state index in [9.17, 15) is 0 Å². The summed E-state index contributed by atoms with van der Waals surface area (Å²) >= 11 is 5.99. The van der Waals surface area contributed by atoms with E-state index in [1.165, 1.54) is 5.56 Å². The number of ether oxygens (including phenoxy) is 1. The Bertz CT molecular complexity index is 832. The number of aromatic nitrogens is 3. The molecule has 0 amide bonds.